The smallest absolute Gasteiger partial charge is 0.0992 e. The molecule has 0 aliphatic heterocycles. The largest absolute Gasteiger partial charge is 0.305 e. The van der Waals surface area contributed by atoms with E-state index in [0.29, 0.717) is 0 Å². The van der Waals surface area contributed by atoms with E-state index in [9.17, 15) is 0 Å². The van der Waals surface area contributed by atoms with Gasteiger partial charge in [-0.2, -0.15) is 0 Å². The molecule has 6 heterocycles. The van der Waals surface area contributed by atoms with Crippen molar-refractivity contribution < 1.29 is 0 Å². The molecule has 0 radical (unpaired) electrons. The van der Waals surface area contributed by atoms with Gasteiger partial charge in [-0.3, -0.25) is 0 Å². The molecule has 0 unspecified atom stereocenters. The highest BCUT2D eigenvalue weighted by Crippen LogP contribution is 2.54. The van der Waals surface area contributed by atoms with Crippen LogP contribution in [0.5, 0.6) is 0 Å². The standard InChI is InChI=1S/C78H48N6/c1-13-37-61-49(25-1)50-26-2-14-38-62(50)79(61)73-74(80-63-39-15-3-27-51(63)52-28-4-16-40-64(52)80)76(82-67-43-19-7-31-55(67)56-32-8-20-44-68(56)82)78(84-71-47-23-11-35-59(71)60-36-12-24-48-72(60)84)77(83-69-45-21-9-33-57(69)58-34-10-22-46-70(58)83)75(73)81-65-41-17-5-29-53(65)54-30-6-18-42-66(54)81/h1-48H. The lowest BCUT2D eigenvalue weighted by Gasteiger charge is -2.32. The predicted molar refractivity (Wildman–Crippen MR) is 352 cm³/mol. The van der Waals surface area contributed by atoms with Crippen molar-refractivity contribution in [2.24, 2.45) is 0 Å². The van der Waals surface area contributed by atoms with Crippen LogP contribution < -0.4 is 0 Å². The molecule has 0 bridgehead atoms. The summed E-state index contributed by atoms with van der Waals surface area (Å²) in [6, 6.07) is 109. The monoisotopic (exact) mass is 1070 g/mol. The summed E-state index contributed by atoms with van der Waals surface area (Å²) < 4.78 is 15.8. The highest BCUT2D eigenvalue weighted by molar-refractivity contribution is 6.20. The van der Waals surface area contributed by atoms with E-state index in [1.54, 1.807) is 0 Å². The third-order valence-electron chi connectivity index (χ3n) is 18.2. The average Bonchev–Trinajstić information content (AvgIpc) is 1.51. The molecule has 6 aromatic heterocycles. The van der Waals surface area contributed by atoms with Crippen LogP contribution in [-0.2, 0) is 0 Å². The van der Waals surface area contributed by atoms with Crippen molar-refractivity contribution >= 4 is 131 Å². The van der Waals surface area contributed by atoms with Crippen LogP contribution in [0.2, 0.25) is 0 Å². The number of rotatable bonds is 6. The molecular weight excluding hydrogens is 1020 g/mol. The Labute approximate surface area is 480 Å². The molecule has 0 saturated carbocycles. The maximum absolute atomic E-state index is 2.63. The van der Waals surface area contributed by atoms with Crippen LogP contribution in [0.25, 0.3) is 165 Å². The fourth-order valence-electron chi connectivity index (χ4n) is 14.9. The van der Waals surface area contributed by atoms with Crippen LogP contribution in [0.1, 0.15) is 0 Å². The van der Waals surface area contributed by atoms with Gasteiger partial charge in [-0.15, -0.1) is 0 Å². The van der Waals surface area contributed by atoms with Gasteiger partial charge in [0.1, 0.15) is 0 Å². The summed E-state index contributed by atoms with van der Waals surface area (Å²) in [5.74, 6) is 0. The zero-order chi connectivity index (χ0) is 54.7. The Morgan fingerprint density at radius 2 is 0.190 bits per heavy atom. The summed E-state index contributed by atoms with van der Waals surface area (Å²) >= 11 is 0. The molecule has 0 aliphatic rings. The minimum atomic E-state index is 1.03. The summed E-state index contributed by atoms with van der Waals surface area (Å²) in [4.78, 5) is 0. The van der Waals surface area contributed by atoms with Gasteiger partial charge < -0.3 is 27.4 Å². The van der Waals surface area contributed by atoms with E-state index in [2.05, 4.69) is 319 Å². The Hall–Kier alpha value is -11.3. The second kappa shape index (κ2) is 17.1. The number of aromatic nitrogens is 6. The Balaban J connectivity index is 1.25. The van der Waals surface area contributed by atoms with Crippen LogP contribution in [-0.4, -0.2) is 27.4 Å². The zero-order valence-electron chi connectivity index (χ0n) is 45.4. The molecule has 0 N–H and O–H groups in total. The fraction of sp³-hybridized carbons (Fsp3) is 0. The molecule has 13 aromatic carbocycles. The van der Waals surface area contributed by atoms with E-state index in [4.69, 9.17) is 0 Å². The molecule has 0 amide bonds. The van der Waals surface area contributed by atoms with Gasteiger partial charge in [-0.1, -0.05) is 218 Å². The first kappa shape index (κ1) is 45.4. The summed E-state index contributed by atoms with van der Waals surface area (Å²) in [5, 5.41) is 14.1. The number of fused-ring (bicyclic) bond motifs is 18. The molecule has 0 aliphatic carbocycles. The molecule has 0 atom stereocenters. The Kier molecular flexibility index (Phi) is 9.24. The molecule has 0 fully saturated rings. The summed E-state index contributed by atoms with van der Waals surface area (Å²) in [5.41, 5.74) is 19.5. The van der Waals surface area contributed by atoms with Crippen molar-refractivity contribution in [1.82, 2.24) is 27.4 Å². The number of hydrogen-bond acceptors (Lipinski definition) is 0. The Morgan fingerprint density at radius 3 is 0.286 bits per heavy atom. The lowest BCUT2D eigenvalue weighted by atomic mass is 10.0. The molecule has 19 aromatic rings. The fourth-order valence-corrected chi connectivity index (χ4v) is 14.9. The van der Waals surface area contributed by atoms with Gasteiger partial charge in [0, 0.05) is 64.6 Å². The van der Waals surface area contributed by atoms with Crippen molar-refractivity contribution in [1.29, 1.82) is 0 Å². The van der Waals surface area contributed by atoms with Crippen molar-refractivity contribution in [3.05, 3.63) is 291 Å². The van der Waals surface area contributed by atoms with E-state index in [1.165, 1.54) is 64.6 Å². The van der Waals surface area contributed by atoms with Gasteiger partial charge in [0.25, 0.3) is 0 Å². The van der Waals surface area contributed by atoms with Crippen LogP contribution in [0.4, 0.5) is 0 Å². The second-order valence-corrected chi connectivity index (χ2v) is 22.3. The lowest BCUT2D eigenvalue weighted by molar-refractivity contribution is 0.971. The number of nitrogens with zero attached hydrogens (tertiary/aromatic N) is 6. The Morgan fingerprint density at radius 1 is 0.107 bits per heavy atom. The molecule has 6 heteroatoms. The minimum Gasteiger partial charge on any atom is -0.305 e. The molecule has 19 rings (SSSR count). The number of benzene rings is 13. The number of para-hydroxylation sites is 12. The van der Waals surface area contributed by atoms with Crippen molar-refractivity contribution in [3.8, 4) is 34.1 Å². The van der Waals surface area contributed by atoms with Gasteiger partial charge in [0.2, 0.25) is 0 Å². The maximum atomic E-state index is 2.63. The van der Waals surface area contributed by atoms with Crippen LogP contribution >= 0.6 is 0 Å². The number of hydrogen-bond donors (Lipinski definition) is 0. The Bertz CT molecular complexity index is 4720. The second-order valence-electron chi connectivity index (χ2n) is 22.3. The third kappa shape index (κ3) is 5.92. The minimum absolute atomic E-state index is 1.03. The van der Waals surface area contributed by atoms with Gasteiger partial charge in [0.15, 0.2) is 0 Å². The molecule has 390 valence electrons. The van der Waals surface area contributed by atoms with E-state index >= 15 is 0 Å². The first-order valence-electron chi connectivity index (χ1n) is 29.0. The van der Waals surface area contributed by atoms with Crippen molar-refractivity contribution in [2.45, 2.75) is 0 Å². The van der Waals surface area contributed by atoms with Crippen LogP contribution in [0.15, 0.2) is 291 Å². The lowest BCUT2D eigenvalue weighted by Crippen LogP contribution is -2.20. The van der Waals surface area contributed by atoms with Crippen LogP contribution in [0.3, 0.4) is 0 Å². The van der Waals surface area contributed by atoms with E-state index in [1.807, 2.05) is 0 Å². The van der Waals surface area contributed by atoms with Gasteiger partial charge >= 0.3 is 0 Å². The third-order valence-corrected chi connectivity index (χ3v) is 18.2. The van der Waals surface area contributed by atoms with Gasteiger partial charge in [0.05, 0.1) is 100 Å². The molecule has 84 heavy (non-hydrogen) atoms. The molecule has 0 spiro atoms. The SMILES string of the molecule is c1ccc2c(c1)c1ccccc1n2-c1c(-n2c3ccccc3c3ccccc32)c(-n2c3ccccc3c3ccccc32)c(-n2c3ccccc3c3ccccc32)c(-n2c3ccccc3c3ccccc32)c1-n1c2ccccc2c2ccccc21. The summed E-state index contributed by atoms with van der Waals surface area (Å²) in [7, 11) is 0. The topological polar surface area (TPSA) is 29.6 Å². The molecule has 6 nitrogen and oxygen atoms in total. The normalized spacial score (nSPS) is 12.3. The highest BCUT2D eigenvalue weighted by Gasteiger charge is 2.37. The van der Waals surface area contributed by atoms with Crippen molar-refractivity contribution in [3.63, 3.8) is 0 Å². The molecule has 0 saturated heterocycles. The average molecular weight is 1070 g/mol. The summed E-state index contributed by atoms with van der Waals surface area (Å²) in [6.45, 7) is 0. The first-order valence-corrected chi connectivity index (χ1v) is 29.0. The predicted octanol–water partition coefficient (Wildman–Crippen LogP) is 20.3. The quantitative estimate of drug-likeness (QED) is 0.159. The van der Waals surface area contributed by atoms with Crippen molar-refractivity contribution in [2.75, 3.05) is 0 Å². The van der Waals surface area contributed by atoms with E-state index < -0.39 is 0 Å². The van der Waals surface area contributed by atoms with E-state index in [-0.39, 0.29) is 0 Å². The summed E-state index contributed by atoms with van der Waals surface area (Å²) in [6.07, 6.45) is 0. The maximum Gasteiger partial charge on any atom is 0.0992 e. The van der Waals surface area contributed by atoms with Gasteiger partial charge in [-0.25, -0.2) is 0 Å². The van der Waals surface area contributed by atoms with Crippen LogP contribution in [0, 0.1) is 0 Å². The highest BCUT2D eigenvalue weighted by atomic mass is 15.2. The van der Waals surface area contributed by atoms with Gasteiger partial charge in [-0.05, 0) is 72.8 Å². The molecular formula is C78H48N6. The zero-order valence-corrected chi connectivity index (χ0v) is 45.4. The van der Waals surface area contributed by atoms with E-state index in [0.717, 1.165) is 100 Å². The first-order chi connectivity index (χ1) is 41.8.